The molecule has 18 heavy (non-hydrogen) atoms. The molecule has 1 heterocycles. The summed E-state index contributed by atoms with van der Waals surface area (Å²) in [6.45, 7) is 2.76. The van der Waals surface area contributed by atoms with Crippen molar-refractivity contribution in [1.82, 2.24) is 4.98 Å². The number of aliphatic hydroxyl groups excluding tert-OH is 1. The zero-order chi connectivity index (χ0) is 12.8. The minimum atomic E-state index is -0.437. The van der Waals surface area contributed by atoms with Gasteiger partial charge in [-0.25, -0.2) is 0 Å². The number of aliphatic hydroxyl groups is 1. The van der Waals surface area contributed by atoms with Gasteiger partial charge in [-0.1, -0.05) is 19.1 Å². The number of hydrogen-bond donors (Lipinski definition) is 1. The maximum Gasteiger partial charge on any atom is 0.137 e. The highest BCUT2D eigenvalue weighted by Gasteiger charge is 2.21. The van der Waals surface area contributed by atoms with Crippen LogP contribution in [0.1, 0.15) is 44.3 Å². The van der Waals surface area contributed by atoms with Crippen molar-refractivity contribution in [3.05, 3.63) is 36.2 Å². The lowest BCUT2D eigenvalue weighted by Gasteiger charge is -2.24. The van der Waals surface area contributed by atoms with Gasteiger partial charge in [-0.2, -0.15) is 0 Å². The zero-order valence-electron chi connectivity index (χ0n) is 10.9. The van der Waals surface area contributed by atoms with E-state index in [1.165, 1.54) is 0 Å². The molecule has 0 radical (unpaired) electrons. The summed E-state index contributed by atoms with van der Waals surface area (Å²) < 4.78 is 5.55. The zero-order valence-corrected chi connectivity index (χ0v) is 10.9. The van der Waals surface area contributed by atoms with Gasteiger partial charge in [-0.15, -0.1) is 0 Å². The molecule has 1 aliphatic carbocycles. The van der Waals surface area contributed by atoms with Gasteiger partial charge < -0.3 is 9.84 Å². The molecular formula is C15H21NO2. The number of ether oxygens (including phenoxy) is 1. The second kappa shape index (κ2) is 6.55. The summed E-state index contributed by atoms with van der Waals surface area (Å²) in [4.78, 5) is 4.15. The summed E-state index contributed by atoms with van der Waals surface area (Å²) >= 11 is 0. The van der Waals surface area contributed by atoms with Crippen molar-refractivity contribution >= 4 is 0 Å². The normalized spacial score (nSPS) is 20.7. The van der Waals surface area contributed by atoms with E-state index in [-0.39, 0.29) is 0 Å². The highest BCUT2D eigenvalue weighted by Crippen LogP contribution is 2.32. The van der Waals surface area contributed by atoms with Crippen molar-refractivity contribution in [2.45, 2.75) is 38.7 Å². The van der Waals surface area contributed by atoms with Crippen LogP contribution in [-0.2, 0) is 0 Å². The summed E-state index contributed by atoms with van der Waals surface area (Å²) in [6, 6.07) is 1.91. The molecular weight excluding hydrogens is 226 g/mol. The fraction of sp³-hybridized carbons (Fsp3) is 0.533. The molecule has 1 aromatic heterocycles. The van der Waals surface area contributed by atoms with Gasteiger partial charge in [0.1, 0.15) is 5.75 Å². The highest BCUT2D eigenvalue weighted by atomic mass is 16.5. The van der Waals surface area contributed by atoms with Crippen LogP contribution >= 0.6 is 0 Å². The second-order valence-electron chi connectivity index (χ2n) is 4.79. The number of pyridine rings is 1. The van der Waals surface area contributed by atoms with Gasteiger partial charge in [0.05, 0.1) is 18.9 Å². The average Bonchev–Trinajstić information content (AvgIpc) is 2.45. The fourth-order valence-corrected chi connectivity index (χ4v) is 2.27. The van der Waals surface area contributed by atoms with Crippen LogP contribution in [0.3, 0.4) is 0 Å². The fourth-order valence-electron chi connectivity index (χ4n) is 2.27. The maximum absolute atomic E-state index is 10.4. The van der Waals surface area contributed by atoms with E-state index in [1.807, 2.05) is 6.07 Å². The lowest BCUT2D eigenvalue weighted by Crippen LogP contribution is -2.14. The minimum absolute atomic E-state index is 0.304. The molecule has 0 aromatic carbocycles. The number of rotatable bonds is 5. The first-order chi connectivity index (χ1) is 8.81. The van der Waals surface area contributed by atoms with Gasteiger partial charge >= 0.3 is 0 Å². The molecule has 1 aromatic rings. The molecule has 0 amide bonds. The third-order valence-electron chi connectivity index (χ3n) is 3.30. The molecule has 2 atom stereocenters. The number of nitrogens with zero attached hydrogens (tertiary/aromatic N) is 1. The van der Waals surface area contributed by atoms with E-state index in [0.29, 0.717) is 12.5 Å². The van der Waals surface area contributed by atoms with Gasteiger partial charge in [0.2, 0.25) is 0 Å². The Bertz CT molecular complexity index is 403. The third-order valence-corrected chi connectivity index (χ3v) is 3.30. The summed E-state index contributed by atoms with van der Waals surface area (Å²) in [5, 5.41) is 10.4. The highest BCUT2D eigenvalue weighted by molar-refractivity contribution is 5.25. The van der Waals surface area contributed by atoms with E-state index in [9.17, 15) is 5.11 Å². The molecule has 2 rings (SSSR count). The lowest BCUT2D eigenvalue weighted by atomic mass is 9.86. The van der Waals surface area contributed by atoms with E-state index in [4.69, 9.17) is 4.74 Å². The van der Waals surface area contributed by atoms with Gasteiger partial charge in [0.25, 0.3) is 0 Å². The third kappa shape index (κ3) is 3.33. The monoisotopic (exact) mass is 247 g/mol. The molecule has 0 spiro atoms. The predicted octanol–water partition coefficient (Wildman–Crippen LogP) is 3.26. The van der Waals surface area contributed by atoms with Crippen LogP contribution in [0.4, 0.5) is 0 Å². The van der Waals surface area contributed by atoms with Gasteiger partial charge in [0.15, 0.2) is 0 Å². The van der Waals surface area contributed by atoms with Crippen molar-refractivity contribution in [2.75, 3.05) is 6.61 Å². The van der Waals surface area contributed by atoms with Crippen molar-refractivity contribution < 1.29 is 9.84 Å². The van der Waals surface area contributed by atoms with E-state index >= 15 is 0 Å². The molecule has 1 aliphatic rings. The smallest absolute Gasteiger partial charge is 0.137 e. The van der Waals surface area contributed by atoms with Gasteiger partial charge in [-0.3, -0.25) is 4.98 Å². The summed E-state index contributed by atoms with van der Waals surface area (Å²) in [5.74, 6) is 1.05. The first kappa shape index (κ1) is 13.1. The average molecular weight is 247 g/mol. The van der Waals surface area contributed by atoms with Crippen LogP contribution < -0.4 is 4.74 Å². The van der Waals surface area contributed by atoms with E-state index in [1.54, 1.807) is 12.4 Å². The first-order valence-corrected chi connectivity index (χ1v) is 6.72. The quantitative estimate of drug-likeness (QED) is 0.812. The molecule has 0 aliphatic heterocycles. The lowest BCUT2D eigenvalue weighted by molar-refractivity contribution is 0.102. The number of allylic oxidation sites excluding steroid dienone is 2. The number of aromatic nitrogens is 1. The predicted molar refractivity (Wildman–Crippen MR) is 71.5 cm³/mol. The van der Waals surface area contributed by atoms with Gasteiger partial charge in [-0.05, 0) is 37.7 Å². The van der Waals surface area contributed by atoms with Crippen molar-refractivity contribution in [2.24, 2.45) is 5.92 Å². The second-order valence-corrected chi connectivity index (χ2v) is 4.79. The maximum atomic E-state index is 10.4. The molecule has 0 bridgehead atoms. The SMILES string of the molecule is CCCOc1cncc(C(O)C2CC=CCC2)c1. The van der Waals surface area contributed by atoms with Crippen LogP contribution in [0, 0.1) is 5.92 Å². The summed E-state index contributed by atoms with van der Waals surface area (Å²) in [7, 11) is 0. The van der Waals surface area contributed by atoms with Crippen LogP contribution in [0.2, 0.25) is 0 Å². The molecule has 98 valence electrons. The largest absolute Gasteiger partial charge is 0.492 e. The Hall–Kier alpha value is -1.35. The van der Waals surface area contributed by atoms with Crippen molar-refractivity contribution in [3.8, 4) is 5.75 Å². The standard InChI is InChI=1S/C15H21NO2/c1-2-8-18-14-9-13(10-16-11-14)15(17)12-6-4-3-5-7-12/h3-4,9-12,15,17H,2,5-8H2,1H3. The van der Waals surface area contributed by atoms with Crippen molar-refractivity contribution in [3.63, 3.8) is 0 Å². The molecule has 0 saturated heterocycles. The van der Waals surface area contributed by atoms with Gasteiger partial charge in [0, 0.05) is 11.8 Å². The Kier molecular flexibility index (Phi) is 4.76. The molecule has 0 fully saturated rings. The minimum Gasteiger partial charge on any atom is -0.492 e. The van der Waals surface area contributed by atoms with Crippen LogP contribution in [-0.4, -0.2) is 16.7 Å². The first-order valence-electron chi connectivity index (χ1n) is 6.72. The van der Waals surface area contributed by atoms with Crippen LogP contribution in [0.25, 0.3) is 0 Å². The molecule has 2 unspecified atom stereocenters. The topological polar surface area (TPSA) is 42.4 Å². The van der Waals surface area contributed by atoms with Crippen LogP contribution in [0.15, 0.2) is 30.6 Å². The molecule has 3 nitrogen and oxygen atoms in total. The molecule has 1 N–H and O–H groups in total. The summed E-state index contributed by atoms with van der Waals surface area (Å²) in [5.41, 5.74) is 0.865. The van der Waals surface area contributed by atoms with Crippen LogP contribution in [0.5, 0.6) is 5.75 Å². The molecule has 0 saturated carbocycles. The Morgan fingerprint density at radius 2 is 2.33 bits per heavy atom. The Balaban J connectivity index is 2.04. The Morgan fingerprint density at radius 1 is 1.44 bits per heavy atom. The van der Waals surface area contributed by atoms with Crippen molar-refractivity contribution in [1.29, 1.82) is 0 Å². The summed E-state index contributed by atoms with van der Waals surface area (Å²) in [6.07, 6.45) is 11.4. The Labute approximate surface area is 109 Å². The molecule has 3 heteroatoms. The van der Waals surface area contributed by atoms with E-state index in [0.717, 1.165) is 37.0 Å². The number of hydrogen-bond acceptors (Lipinski definition) is 3. The Morgan fingerprint density at radius 3 is 3.06 bits per heavy atom. The van der Waals surface area contributed by atoms with E-state index < -0.39 is 6.10 Å². The van der Waals surface area contributed by atoms with E-state index in [2.05, 4.69) is 24.1 Å².